The lowest BCUT2D eigenvalue weighted by molar-refractivity contribution is -0.125. The van der Waals surface area contributed by atoms with Crippen LogP contribution < -0.4 is 4.74 Å². The molecule has 26 heavy (non-hydrogen) atoms. The van der Waals surface area contributed by atoms with E-state index in [4.69, 9.17) is 11.3 Å². The zero-order chi connectivity index (χ0) is 19.7. The highest BCUT2D eigenvalue weighted by Gasteiger charge is 2.43. The Morgan fingerprint density at radius 3 is 2.50 bits per heavy atom. The molecule has 1 unspecified atom stereocenters. The SMILES string of the molecule is [C-]#[N+]C(C(=O)C(C)(C)C)C1=CC(C)(C)c2c1ccc(OCCCC)c2C. The molecule has 0 fully saturated rings. The van der Waals surface area contributed by atoms with Crippen LogP contribution in [0.3, 0.4) is 0 Å². The van der Waals surface area contributed by atoms with Crippen LogP contribution in [-0.4, -0.2) is 18.4 Å². The largest absolute Gasteiger partial charge is 0.493 e. The Morgan fingerprint density at radius 2 is 1.96 bits per heavy atom. The number of fused-ring (bicyclic) bond motifs is 1. The van der Waals surface area contributed by atoms with Gasteiger partial charge in [-0.15, -0.1) is 0 Å². The number of ketones is 1. The molecular formula is C23H31NO2. The minimum absolute atomic E-state index is 0.0247. The molecular weight excluding hydrogens is 322 g/mol. The fourth-order valence-corrected chi connectivity index (χ4v) is 3.69. The fourth-order valence-electron chi connectivity index (χ4n) is 3.69. The van der Waals surface area contributed by atoms with E-state index < -0.39 is 11.5 Å². The highest BCUT2D eigenvalue weighted by atomic mass is 16.5. The molecule has 0 bridgehead atoms. The van der Waals surface area contributed by atoms with Gasteiger partial charge in [-0.05, 0) is 36.1 Å². The second-order valence-corrected chi connectivity index (χ2v) is 8.78. The number of allylic oxidation sites excluding steroid dienone is 1. The van der Waals surface area contributed by atoms with Gasteiger partial charge in [0.05, 0.1) is 6.61 Å². The zero-order valence-corrected chi connectivity index (χ0v) is 17.2. The molecule has 1 aromatic carbocycles. The van der Waals surface area contributed by atoms with E-state index in [-0.39, 0.29) is 11.2 Å². The molecule has 0 saturated heterocycles. The normalized spacial score (nSPS) is 16.5. The molecule has 0 amide bonds. The van der Waals surface area contributed by atoms with Gasteiger partial charge in [-0.3, -0.25) is 9.64 Å². The van der Waals surface area contributed by atoms with Gasteiger partial charge in [0.1, 0.15) is 5.75 Å². The Bertz CT molecular complexity index is 773. The highest BCUT2D eigenvalue weighted by Crippen LogP contribution is 2.47. The van der Waals surface area contributed by atoms with Gasteiger partial charge < -0.3 is 4.74 Å². The van der Waals surface area contributed by atoms with Crippen molar-refractivity contribution in [3.05, 3.63) is 46.3 Å². The third-order valence-corrected chi connectivity index (χ3v) is 5.05. The van der Waals surface area contributed by atoms with E-state index in [1.807, 2.05) is 32.9 Å². The van der Waals surface area contributed by atoms with Crippen LogP contribution in [0, 0.1) is 18.9 Å². The molecule has 0 spiro atoms. The molecule has 0 aliphatic heterocycles. The van der Waals surface area contributed by atoms with Gasteiger partial charge in [0.2, 0.25) is 5.78 Å². The lowest BCUT2D eigenvalue weighted by atomic mass is 9.82. The van der Waals surface area contributed by atoms with Gasteiger partial charge in [-0.25, -0.2) is 6.57 Å². The number of unbranched alkanes of at least 4 members (excludes halogenated alkanes) is 1. The molecule has 0 N–H and O–H groups in total. The van der Waals surface area contributed by atoms with Gasteiger partial charge in [0.25, 0.3) is 0 Å². The number of nitrogens with zero attached hydrogens (tertiary/aromatic N) is 1. The summed E-state index contributed by atoms with van der Waals surface area (Å²) < 4.78 is 5.97. The third kappa shape index (κ3) is 3.70. The predicted molar refractivity (Wildman–Crippen MR) is 107 cm³/mol. The summed E-state index contributed by atoms with van der Waals surface area (Å²) in [4.78, 5) is 16.6. The Balaban J connectivity index is 2.49. The number of carbonyl (C=O) groups excluding carboxylic acids is 1. The van der Waals surface area contributed by atoms with Gasteiger partial charge in [-0.2, -0.15) is 0 Å². The minimum atomic E-state index is -0.748. The van der Waals surface area contributed by atoms with E-state index in [0.29, 0.717) is 6.61 Å². The van der Waals surface area contributed by atoms with E-state index in [1.165, 1.54) is 5.56 Å². The predicted octanol–water partition coefficient (Wildman–Crippen LogP) is 5.75. The maximum atomic E-state index is 12.9. The Kier molecular flexibility index (Phi) is 5.66. The molecule has 0 radical (unpaired) electrons. The van der Waals surface area contributed by atoms with Gasteiger partial charge in [-0.1, -0.05) is 60.1 Å². The van der Waals surface area contributed by atoms with Crippen molar-refractivity contribution in [3.63, 3.8) is 0 Å². The van der Waals surface area contributed by atoms with Crippen molar-refractivity contribution in [1.82, 2.24) is 0 Å². The van der Waals surface area contributed by atoms with Crippen LogP contribution in [0.4, 0.5) is 0 Å². The molecule has 1 aromatic rings. The van der Waals surface area contributed by atoms with E-state index >= 15 is 0 Å². The second-order valence-electron chi connectivity index (χ2n) is 8.78. The van der Waals surface area contributed by atoms with Crippen molar-refractivity contribution >= 4 is 11.4 Å². The standard InChI is InChI=1S/C23H31NO2/c1-9-10-13-26-18-12-11-16-17(14-23(6,7)19(16)15(18)2)20(24-8)21(25)22(3,4)5/h11-12,14,20H,9-10,13H2,1-7H3. The topological polar surface area (TPSA) is 30.7 Å². The van der Waals surface area contributed by atoms with Crippen LogP contribution in [0.1, 0.15) is 71.1 Å². The summed E-state index contributed by atoms with van der Waals surface area (Å²) in [7, 11) is 0. The number of benzene rings is 1. The quantitative estimate of drug-likeness (QED) is 0.481. The molecule has 1 aliphatic rings. The number of ether oxygens (including phenoxy) is 1. The maximum absolute atomic E-state index is 12.9. The maximum Gasteiger partial charge on any atom is 0.306 e. The average molecular weight is 354 g/mol. The third-order valence-electron chi connectivity index (χ3n) is 5.05. The second kappa shape index (κ2) is 7.27. The summed E-state index contributed by atoms with van der Waals surface area (Å²) >= 11 is 0. The van der Waals surface area contributed by atoms with Gasteiger partial charge >= 0.3 is 6.04 Å². The molecule has 2 rings (SSSR count). The fraction of sp³-hybridized carbons (Fsp3) is 0.565. The van der Waals surface area contributed by atoms with E-state index in [0.717, 1.165) is 35.3 Å². The number of Topliss-reactive ketones (excluding diaryl/α,β-unsaturated/α-hetero) is 1. The summed E-state index contributed by atoms with van der Waals surface area (Å²) in [6.45, 7) is 22.5. The van der Waals surface area contributed by atoms with Crippen molar-refractivity contribution in [2.24, 2.45) is 5.41 Å². The van der Waals surface area contributed by atoms with Crippen molar-refractivity contribution in [2.45, 2.75) is 72.8 Å². The average Bonchev–Trinajstić information content (AvgIpc) is 2.81. The molecule has 0 saturated carbocycles. The molecule has 0 heterocycles. The monoisotopic (exact) mass is 353 g/mol. The summed E-state index contributed by atoms with van der Waals surface area (Å²) in [5.74, 6) is 0.879. The van der Waals surface area contributed by atoms with Crippen LogP contribution in [-0.2, 0) is 10.2 Å². The lowest BCUT2D eigenvalue weighted by Crippen LogP contribution is -2.31. The summed E-state index contributed by atoms with van der Waals surface area (Å²) in [5.41, 5.74) is 3.40. The lowest BCUT2D eigenvalue weighted by Gasteiger charge is -2.22. The summed E-state index contributed by atoms with van der Waals surface area (Å²) in [6.07, 6.45) is 4.24. The molecule has 3 nitrogen and oxygen atoms in total. The van der Waals surface area contributed by atoms with Gasteiger partial charge in [0.15, 0.2) is 0 Å². The number of rotatable bonds is 6. The Morgan fingerprint density at radius 1 is 1.31 bits per heavy atom. The number of carbonyl (C=O) groups is 1. The van der Waals surface area contributed by atoms with Crippen LogP contribution in [0.2, 0.25) is 0 Å². The van der Waals surface area contributed by atoms with Crippen LogP contribution >= 0.6 is 0 Å². The van der Waals surface area contributed by atoms with Crippen molar-refractivity contribution in [3.8, 4) is 5.75 Å². The van der Waals surface area contributed by atoms with E-state index in [2.05, 4.69) is 38.6 Å². The first-order valence-electron chi connectivity index (χ1n) is 9.45. The van der Waals surface area contributed by atoms with Crippen molar-refractivity contribution in [1.29, 1.82) is 0 Å². The molecule has 3 heteroatoms. The summed E-state index contributed by atoms with van der Waals surface area (Å²) in [6, 6.07) is 3.27. The van der Waals surface area contributed by atoms with Crippen molar-refractivity contribution < 1.29 is 9.53 Å². The smallest absolute Gasteiger partial charge is 0.306 e. The van der Waals surface area contributed by atoms with E-state index in [1.54, 1.807) is 0 Å². The Labute approximate surface area is 158 Å². The first-order valence-corrected chi connectivity index (χ1v) is 9.45. The first-order chi connectivity index (χ1) is 12.0. The summed E-state index contributed by atoms with van der Waals surface area (Å²) in [5, 5.41) is 0. The van der Waals surface area contributed by atoms with Crippen LogP contribution in [0.15, 0.2) is 18.2 Å². The molecule has 140 valence electrons. The zero-order valence-electron chi connectivity index (χ0n) is 17.2. The van der Waals surface area contributed by atoms with Gasteiger partial charge in [0, 0.05) is 16.4 Å². The van der Waals surface area contributed by atoms with Crippen molar-refractivity contribution in [2.75, 3.05) is 6.61 Å². The molecule has 1 atom stereocenters. The van der Waals surface area contributed by atoms with E-state index in [9.17, 15) is 4.79 Å². The molecule has 0 aromatic heterocycles. The minimum Gasteiger partial charge on any atom is -0.493 e. The first kappa shape index (κ1) is 20.2. The highest BCUT2D eigenvalue weighted by molar-refractivity contribution is 6.03. The number of hydrogen-bond donors (Lipinski definition) is 0. The Hall–Kier alpha value is -2.08. The molecule has 1 aliphatic carbocycles. The van der Waals surface area contributed by atoms with Crippen LogP contribution in [0.25, 0.3) is 10.4 Å². The number of hydrogen-bond acceptors (Lipinski definition) is 2. The van der Waals surface area contributed by atoms with Crippen LogP contribution in [0.5, 0.6) is 5.75 Å².